The molecule has 0 amide bonds. The van der Waals surface area contributed by atoms with Gasteiger partial charge in [0.05, 0.1) is 12.8 Å². The van der Waals surface area contributed by atoms with Crippen LogP contribution in [-0.4, -0.2) is 48.4 Å². The normalized spacial score (nSPS) is 12.4. The summed E-state index contributed by atoms with van der Waals surface area (Å²) in [5.74, 6) is 2.15. The van der Waals surface area contributed by atoms with Gasteiger partial charge < -0.3 is 15.0 Å². The maximum Gasteiger partial charge on any atom is 0.193 e. The molecule has 0 unspecified atom stereocenters. The van der Waals surface area contributed by atoms with Crippen LogP contribution in [-0.2, 0) is 19.0 Å². The van der Waals surface area contributed by atoms with E-state index in [0.29, 0.717) is 5.92 Å². The van der Waals surface area contributed by atoms with E-state index in [1.54, 1.807) is 7.11 Å². The zero-order valence-electron chi connectivity index (χ0n) is 18.6. The molecule has 1 aromatic carbocycles. The van der Waals surface area contributed by atoms with Crippen molar-refractivity contribution in [3.63, 3.8) is 0 Å². The Bertz CT molecular complexity index is 790. The van der Waals surface area contributed by atoms with E-state index < -0.39 is 0 Å². The molecule has 0 saturated carbocycles. The Kier molecular flexibility index (Phi) is 7.11. The van der Waals surface area contributed by atoms with Crippen LogP contribution >= 0.6 is 0 Å². The standard InChI is InChI=1S/C22H35N5O/c1-16(2)20-17(14-27(7)25-20)13-26(6)21(23-5)24-15-22(3,4)18-9-11-19(28-8)12-10-18/h9-12,14,16H,13,15H2,1-8H3,(H,23,24). The Balaban J connectivity index is 2.05. The van der Waals surface area contributed by atoms with E-state index in [0.717, 1.165) is 30.5 Å². The van der Waals surface area contributed by atoms with Crippen molar-refractivity contribution in [2.24, 2.45) is 12.0 Å². The van der Waals surface area contributed by atoms with Crippen LogP contribution in [0.1, 0.15) is 50.4 Å². The van der Waals surface area contributed by atoms with E-state index in [4.69, 9.17) is 4.74 Å². The lowest BCUT2D eigenvalue weighted by Gasteiger charge is -2.29. The topological polar surface area (TPSA) is 54.7 Å². The van der Waals surface area contributed by atoms with E-state index in [2.05, 4.69) is 73.4 Å². The number of aromatic nitrogens is 2. The van der Waals surface area contributed by atoms with E-state index in [1.165, 1.54) is 11.1 Å². The van der Waals surface area contributed by atoms with Gasteiger partial charge in [-0.1, -0.05) is 39.8 Å². The Morgan fingerprint density at radius 3 is 2.46 bits per heavy atom. The van der Waals surface area contributed by atoms with Crippen molar-refractivity contribution in [3.8, 4) is 5.75 Å². The lowest BCUT2D eigenvalue weighted by molar-refractivity contribution is 0.413. The molecule has 6 nitrogen and oxygen atoms in total. The lowest BCUT2D eigenvalue weighted by Crippen LogP contribution is -2.44. The van der Waals surface area contributed by atoms with Crippen LogP contribution in [0, 0.1) is 0 Å². The molecule has 0 bridgehead atoms. The number of hydrogen-bond acceptors (Lipinski definition) is 3. The molecule has 154 valence electrons. The predicted octanol–water partition coefficient (Wildman–Crippen LogP) is 3.54. The number of methoxy groups -OCH3 is 1. The molecular formula is C22H35N5O. The van der Waals surface area contributed by atoms with Gasteiger partial charge in [0, 0.05) is 51.4 Å². The Labute approximate surface area is 169 Å². The number of ether oxygens (including phenoxy) is 1. The van der Waals surface area contributed by atoms with Crippen LogP contribution in [0.3, 0.4) is 0 Å². The molecule has 0 fully saturated rings. The van der Waals surface area contributed by atoms with Crippen molar-refractivity contribution < 1.29 is 4.74 Å². The summed E-state index contributed by atoms with van der Waals surface area (Å²) in [6.07, 6.45) is 2.10. The number of nitrogens with zero attached hydrogens (tertiary/aromatic N) is 4. The van der Waals surface area contributed by atoms with Crippen LogP contribution in [0.15, 0.2) is 35.5 Å². The molecule has 1 N–H and O–H groups in total. The van der Waals surface area contributed by atoms with Gasteiger partial charge in [-0.05, 0) is 23.6 Å². The molecule has 6 heteroatoms. The van der Waals surface area contributed by atoms with Crippen molar-refractivity contribution in [3.05, 3.63) is 47.3 Å². The average Bonchev–Trinajstić information content (AvgIpc) is 3.02. The quantitative estimate of drug-likeness (QED) is 0.585. The highest BCUT2D eigenvalue weighted by atomic mass is 16.5. The number of guanidine groups is 1. The summed E-state index contributed by atoms with van der Waals surface area (Å²) in [4.78, 5) is 6.62. The molecule has 28 heavy (non-hydrogen) atoms. The number of benzene rings is 1. The van der Waals surface area contributed by atoms with Gasteiger partial charge in [0.1, 0.15) is 5.75 Å². The minimum atomic E-state index is -0.0412. The van der Waals surface area contributed by atoms with Crippen LogP contribution < -0.4 is 10.1 Å². The maximum atomic E-state index is 5.27. The first-order valence-electron chi connectivity index (χ1n) is 9.76. The minimum absolute atomic E-state index is 0.0412. The molecule has 0 radical (unpaired) electrons. The number of aliphatic imine (C=N–C) groups is 1. The average molecular weight is 386 g/mol. The largest absolute Gasteiger partial charge is 0.497 e. The number of rotatable bonds is 7. The molecule has 1 heterocycles. The highest BCUT2D eigenvalue weighted by Crippen LogP contribution is 2.25. The number of nitrogens with one attached hydrogen (secondary N) is 1. The molecule has 0 aliphatic heterocycles. The predicted molar refractivity (Wildman–Crippen MR) is 116 cm³/mol. The Morgan fingerprint density at radius 2 is 1.93 bits per heavy atom. The zero-order valence-corrected chi connectivity index (χ0v) is 18.6. The van der Waals surface area contributed by atoms with Crippen LogP contribution in [0.2, 0.25) is 0 Å². The summed E-state index contributed by atoms with van der Waals surface area (Å²) >= 11 is 0. The van der Waals surface area contributed by atoms with Crippen LogP contribution in [0.4, 0.5) is 0 Å². The van der Waals surface area contributed by atoms with Gasteiger partial charge in [-0.25, -0.2) is 0 Å². The van der Waals surface area contributed by atoms with E-state index in [9.17, 15) is 0 Å². The first-order chi connectivity index (χ1) is 13.2. The van der Waals surface area contributed by atoms with E-state index in [1.807, 2.05) is 30.9 Å². The lowest BCUT2D eigenvalue weighted by atomic mass is 9.84. The second kappa shape index (κ2) is 9.13. The SMILES string of the molecule is CN=C(NCC(C)(C)c1ccc(OC)cc1)N(C)Cc1cn(C)nc1C(C)C. The summed E-state index contributed by atoms with van der Waals surface area (Å²) in [6, 6.07) is 8.26. The fourth-order valence-electron chi connectivity index (χ4n) is 3.32. The van der Waals surface area contributed by atoms with E-state index in [-0.39, 0.29) is 5.41 Å². The molecule has 0 spiro atoms. The maximum absolute atomic E-state index is 5.27. The summed E-state index contributed by atoms with van der Waals surface area (Å²) in [5.41, 5.74) is 3.59. The van der Waals surface area contributed by atoms with Crippen molar-refractivity contribution in [1.29, 1.82) is 0 Å². The molecule has 0 aliphatic carbocycles. The molecule has 0 atom stereocenters. The molecule has 2 rings (SSSR count). The third kappa shape index (κ3) is 5.27. The van der Waals surface area contributed by atoms with Gasteiger partial charge in [-0.3, -0.25) is 9.67 Å². The summed E-state index contributed by atoms with van der Waals surface area (Å²) < 4.78 is 7.16. The summed E-state index contributed by atoms with van der Waals surface area (Å²) in [7, 11) is 7.55. The fraction of sp³-hybridized carbons (Fsp3) is 0.545. The van der Waals surface area contributed by atoms with Crippen molar-refractivity contribution in [1.82, 2.24) is 20.0 Å². The second-order valence-corrected chi connectivity index (χ2v) is 8.24. The Hall–Kier alpha value is -2.50. The molecule has 0 saturated heterocycles. The van der Waals surface area contributed by atoms with Gasteiger partial charge in [0.15, 0.2) is 5.96 Å². The third-order valence-corrected chi connectivity index (χ3v) is 5.02. The van der Waals surface area contributed by atoms with Gasteiger partial charge in [-0.15, -0.1) is 0 Å². The monoisotopic (exact) mass is 385 g/mol. The fourth-order valence-corrected chi connectivity index (χ4v) is 3.32. The smallest absolute Gasteiger partial charge is 0.193 e. The molecule has 1 aromatic heterocycles. The van der Waals surface area contributed by atoms with Crippen molar-refractivity contribution in [2.75, 3.05) is 27.7 Å². The number of aryl methyl sites for hydroxylation is 1. The molecular weight excluding hydrogens is 350 g/mol. The van der Waals surface area contributed by atoms with Crippen molar-refractivity contribution in [2.45, 2.75) is 45.6 Å². The first-order valence-corrected chi connectivity index (χ1v) is 9.76. The minimum Gasteiger partial charge on any atom is -0.497 e. The Morgan fingerprint density at radius 1 is 1.29 bits per heavy atom. The first kappa shape index (κ1) is 21.8. The third-order valence-electron chi connectivity index (χ3n) is 5.02. The number of hydrogen-bond donors (Lipinski definition) is 1. The van der Waals surface area contributed by atoms with Gasteiger partial charge >= 0.3 is 0 Å². The van der Waals surface area contributed by atoms with Crippen LogP contribution in [0.25, 0.3) is 0 Å². The van der Waals surface area contributed by atoms with E-state index >= 15 is 0 Å². The van der Waals surface area contributed by atoms with Crippen molar-refractivity contribution >= 4 is 5.96 Å². The van der Waals surface area contributed by atoms with Crippen LogP contribution in [0.5, 0.6) is 5.75 Å². The highest BCUT2D eigenvalue weighted by molar-refractivity contribution is 5.79. The summed E-state index contributed by atoms with van der Waals surface area (Å²) in [6.45, 7) is 10.4. The van der Waals surface area contributed by atoms with Gasteiger partial charge in [-0.2, -0.15) is 5.10 Å². The second-order valence-electron chi connectivity index (χ2n) is 8.24. The van der Waals surface area contributed by atoms with Gasteiger partial charge in [0.2, 0.25) is 0 Å². The van der Waals surface area contributed by atoms with Gasteiger partial charge in [0.25, 0.3) is 0 Å². The molecule has 2 aromatic rings. The zero-order chi connectivity index (χ0) is 20.9. The summed E-state index contributed by atoms with van der Waals surface area (Å²) in [5, 5.41) is 8.14. The highest BCUT2D eigenvalue weighted by Gasteiger charge is 2.22. The molecule has 0 aliphatic rings.